The van der Waals surface area contributed by atoms with E-state index in [2.05, 4.69) is 26.0 Å². The van der Waals surface area contributed by atoms with Crippen LogP contribution in [0.3, 0.4) is 0 Å². The average molecular weight is 524 g/mol. The van der Waals surface area contributed by atoms with Crippen LogP contribution in [0.5, 0.6) is 0 Å². The molecular formula is C27H37N7O4. The molecule has 0 unspecified atom stereocenters. The molecule has 2 aromatic rings. The van der Waals surface area contributed by atoms with Crippen LogP contribution < -0.4 is 16.0 Å². The average Bonchev–Trinajstić information content (AvgIpc) is 3.48. The van der Waals surface area contributed by atoms with Crippen LogP contribution in [0.2, 0.25) is 0 Å². The maximum atomic E-state index is 13.5. The molecule has 0 radical (unpaired) electrons. The standard InChI is InChI=1S/C27H37N7O4/c1-17(2)24-25-28-18(3)32-34(25)15-14-33(27(38)20-11-12-23(36)29-20)13-7-10-22(35)30-21(26(37)31-24)16-19-8-5-4-6-9-19/h4-6,8-9,17,20-21,24H,7,10-16H2,1-3H3,(H,29,36)(H,30,35)(H,31,37)/t20-,21+,24-/m1/s1. The van der Waals surface area contributed by atoms with Gasteiger partial charge in [-0.15, -0.1) is 0 Å². The van der Waals surface area contributed by atoms with Crippen molar-refractivity contribution in [2.75, 3.05) is 13.1 Å². The summed E-state index contributed by atoms with van der Waals surface area (Å²) in [6.45, 7) is 6.85. The minimum absolute atomic E-state index is 0.00582. The molecule has 2 aliphatic heterocycles. The van der Waals surface area contributed by atoms with Gasteiger partial charge in [0.25, 0.3) is 0 Å². The highest BCUT2D eigenvalue weighted by atomic mass is 16.2. The zero-order valence-corrected chi connectivity index (χ0v) is 22.3. The maximum Gasteiger partial charge on any atom is 0.245 e. The second kappa shape index (κ2) is 12.2. The molecule has 4 amide bonds. The molecule has 204 valence electrons. The summed E-state index contributed by atoms with van der Waals surface area (Å²) in [5.41, 5.74) is 0.935. The van der Waals surface area contributed by atoms with Gasteiger partial charge in [0.15, 0.2) is 0 Å². The molecule has 38 heavy (non-hydrogen) atoms. The topological polar surface area (TPSA) is 138 Å². The minimum Gasteiger partial charge on any atom is -0.344 e. The van der Waals surface area contributed by atoms with Crippen molar-refractivity contribution in [3.8, 4) is 0 Å². The Morgan fingerprint density at radius 3 is 2.42 bits per heavy atom. The quantitative estimate of drug-likeness (QED) is 0.547. The highest BCUT2D eigenvalue weighted by Crippen LogP contribution is 2.22. The fraction of sp³-hybridized carbons (Fsp3) is 0.556. The van der Waals surface area contributed by atoms with Gasteiger partial charge < -0.3 is 20.9 Å². The van der Waals surface area contributed by atoms with Crippen molar-refractivity contribution in [3.63, 3.8) is 0 Å². The molecule has 1 aromatic carbocycles. The van der Waals surface area contributed by atoms with Crippen molar-refractivity contribution in [1.29, 1.82) is 0 Å². The molecule has 2 aliphatic rings. The smallest absolute Gasteiger partial charge is 0.245 e. The largest absolute Gasteiger partial charge is 0.344 e. The van der Waals surface area contributed by atoms with E-state index >= 15 is 0 Å². The van der Waals surface area contributed by atoms with Crippen molar-refractivity contribution < 1.29 is 19.2 Å². The Morgan fingerprint density at radius 2 is 1.74 bits per heavy atom. The van der Waals surface area contributed by atoms with Crippen molar-refractivity contribution >= 4 is 23.6 Å². The van der Waals surface area contributed by atoms with Gasteiger partial charge in [0, 0.05) is 32.4 Å². The van der Waals surface area contributed by atoms with Gasteiger partial charge in [0.2, 0.25) is 23.6 Å². The van der Waals surface area contributed by atoms with Crippen molar-refractivity contribution in [1.82, 2.24) is 35.6 Å². The third kappa shape index (κ3) is 6.76. The fourth-order valence-electron chi connectivity index (χ4n) is 4.97. The van der Waals surface area contributed by atoms with Gasteiger partial charge in [-0.2, -0.15) is 5.10 Å². The lowest BCUT2D eigenvalue weighted by Gasteiger charge is -2.29. The predicted octanol–water partition coefficient (Wildman–Crippen LogP) is 1.03. The molecule has 1 fully saturated rings. The van der Waals surface area contributed by atoms with Gasteiger partial charge in [0.05, 0.1) is 12.6 Å². The molecule has 1 aromatic heterocycles. The number of nitrogens with zero attached hydrogens (tertiary/aromatic N) is 4. The lowest BCUT2D eigenvalue weighted by Crippen LogP contribution is -2.50. The van der Waals surface area contributed by atoms with E-state index < -0.39 is 18.1 Å². The lowest BCUT2D eigenvalue weighted by atomic mass is 10.0. The molecule has 0 bridgehead atoms. The van der Waals surface area contributed by atoms with E-state index in [-0.39, 0.29) is 36.0 Å². The van der Waals surface area contributed by atoms with Gasteiger partial charge in [0.1, 0.15) is 23.7 Å². The van der Waals surface area contributed by atoms with Crippen LogP contribution in [0, 0.1) is 12.8 Å². The van der Waals surface area contributed by atoms with Crippen LogP contribution in [0.1, 0.15) is 62.8 Å². The first kappa shape index (κ1) is 27.3. The number of fused-ring (bicyclic) bond motifs is 1. The van der Waals surface area contributed by atoms with E-state index in [4.69, 9.17) is 0 Å². The van der Waals surface area contributed by atoms with Gasteiger partial charge in [-0.1, -0.05) is 44.2 Å². The molecule has 0 spiro atoms. The van der Waals surface area contributed by atoms with E-state index in [1.54, 1.807) is 16.5 Å². The molecule has 0 saturated carbocycles. The predicted molar refractivity (Wildman–Crippen MR) is 140 cm³/mol. The number of carbonyl (C=O) groups excluding carboxylic acids is 4. The summed E-state index contributed by atoms with van der Waals surface area (Å²) in [7, 11) is 0. The number of nitrogens with one attached hydrogen (secondary N) is 3. The van der Waals surface area contributed by atoms with Crippen LogP contribution in [-0.4, -0.2) is 68.5 Å². The van der Waals surface area contributed by atoms with Crippen LogP contribution in [0.15, 0.2) is 30.3 Å². The summed E-state index contributed by atoms with van der Waals surface area (Å²) in [5, 5.41) is 13.3. The molecule has 3 atom stereocenters. The van der Waals surface area contributed by atoms with Gasteiger partial charge in [-0.05, 0) is 31.2 Å². The second-order valence-electron chi connectivity index (χ2n) is 10.4. The van der Waals surface area contributed by atoms with E-state index in [0.717, 1.165) is 5.56 Å². The SMILES string of the molecule is Cc1nc2n(n1)CCN(C(=O)[C@H]1CCC(=O)N1)CCCC(=O)N[C@@H](Cc1ccccc1)C(=O)N[C@@H]2C(C)C. The molecule has 11 heteroatoms. The van der Waals surface area contributed by atoms with E-state index in [1.165, 1.54) is 0 Å². The van der Waals surface area contributed by atoms with Crippen LogP contribution >= 0.6 is 0 Å². The first-order chi connectivity index (χ1) is 18.2. The third-order valence-electron chi connectivity index (χ3n) is 7.00. The van der Waals surface area contributed by atoms with Crippen LogP contribution in [0.4, 0.5) is 0 Å². The molecule has 1 saturated heterocycles. The maximum absolute atomic E-state index is 13.5. The Balaban J connectivity index is 1.62. The number of rotatable bonds is 4. The lowest BCUT2D eigenvalue weighted by molar-refractivity contribution is -0.135. The first-order valence-corrected chi connectivity index (χ1v) is 13.3. The Bertz CT molecular complexity index is 1160. The minimum atomic E-state index is -0.766. The number of aryl methyl sites for hydroxylation is 1. The zero-order chi connectivity index (χ0) is 27.2. The molecule has 0 aliphatic carbocycles. The summed E-state index contributed by atoms with van der Waals surface area (Å²) in [6.07, 6.45) is 1.74. The van der Waals surface area contributed by atoms with E-state index in [1.807, 2.05) is 44.2 Å². The summed E-state index contributed by atoms with van der Waals surface area (Å²) < 4.78 is 1.75. The number of carbonyl (C=O) groups is 4. The van der Waals surface area contributed by atoms with Crippen molar-refractivity contribution in [2.24, 2.45) is 5.92 Å². The number of aromatic nitrogens is 3. The Morgan fingerprint density at radius 1 is 1.00 bits per heavy atom. The molecule has 3 N–H and O–H groups in total. The normalized spacial score (nSPS) is 23.3. The Kier molecular flexibility index (Phi) is 8.75. The summed E-state index contributed by atoms with van der Waals surface area (Å²) in [4.78, 5) is 57.7. The number of hydrogen-bond donors (Lipinski definition) is 3. The monoisotopic (exact) mass is 523 g/mol. The second-order valence-corrected chi connectivity index (χ2v) is 10.4. The van der Waals surface area contributed by atoms with Crippen molar-refractivity contribution in [3.05, 3.63) is 47.5 Å². The highest BCUT2D eigenvalue weighted by Gasteiger charge is 2.32. The number of benzene rings is 1. The molecule has 11 nitrogen and oxygen atoms in total. The highest BCUT2D eigenvalue weighted by molar-refractivity contribution is 5.91. The summed E-state index contributed by atoms with van der Waals surface area (Å²) in [5.74, 6) is 0.359. The Labute approximate surface area is 222 Å². The number of hydrogen-bond acceptors (Lipinski definition) is 6. The van der Waals surface area contributed by atoms with E-state index in [0.29, 0.717) is 57.0 Å². The molecule has 4 rings (SSSR count). The zero-order valence-electron chi connectivity index (χ0n) is 22.3. The Hall–Kier alpha value is -3.76. The summed E-state index contributed by atoms with van der Waals surface area (Å²) in [6, 6.07) is 7.80. The first-order valence-electron chi connectivity index (χ1n) is 13.3. The third-order valence-corrected chi connectivity index (χ3v) is 7.00. The molecule has 3 heterocycles. The fourth-order valence-corrected chi connectivity index (χ4v) is 4.97. The number of amides is 4. The van der Waals surface area contributed by atoms with Gasteiger partial charge in [-0.25, -0.2) is 9.67 Å². The van der Waals surface area contributed by atoms with Crippen LogP contribution in [-0.2, 0) is 32.1 Å². The van der Waals surface area contributed by atoms with Crippen molar-refractivity contribution in [2.45, 2.75) is 77.5 Å². The van der Waals surface area contributed by atoms with Crippen LogP contribution in [0.25, 0.3) is 0 Å². The summed E-state index contributed by atoms with van der Waals surface area (Å²) >= 11 is 0. The molecular weight excluding hydrogens is 486 g/mol. The van der Waals surface area contributed by atoms with E-state index in [9.17, 15) is 19.2 Å². The van der Waals surface area contributed by atoms with Gasteiger partial charge in [-0.3, -0.25) is 19.2 Å². The van der Waals surface area contributed by atoms with Gasteiger partial charge >= 0.3 is 0 Å².